The molecule has 0 aromatic heterocycles. The fraction of sp³-hybridized carbons (Fsp3) is 1.00. The Kier molecular flexibility index (Phi) is 26.3. The molecular weight excluding hydrogens is 392 g/mol. The Morgan fingerprint density at radius 3 is 1.21 bits per heavy atom. The normalized spacial score (nSPS) is 11.5. The van der Waals surface area contributed by atoms with E-state index in [-0.39, 0.29) is 19.4 Å². The van der Waals surface area contributed by atoms with Gasteiger partial charge in [-0.2, -0.15) is 0 Å². The second-order valence-corrected chi connectivity index (χ2v) is 13.7. The van der Waals surface area contributed by atoms with E-state index in [4.69, 9.17) is 0 Å². The van der Waals surface area contributed by atoms with Gasteiger partial charge in [0.25, 0.3) is 7.82 Å². The van der Waals surface area contributed by atoms with Crippen LogP contribution in [-0.4, -0.2) is 38.4 Å². The highest BCUT2D eigenvalue weighted by Crippen LogP contribution is 2.57. The number of phosphoric ester groups is 1. The van der Waals surface area contributed by atoms with Crippen molar-refractivity contribution in [1.82, 2.24) is 6.15 Å². The molecular formula is C21H51NO4P2. The molecule has 0 amide bonds. The summed E-state index contributed by atoms with van der Waals surface area (Å²) in [4.78, 5) is 11.0. The van der Waals surface area contributed by atoms with E-state index in [0.717, 1.165) is 25.7 Å². The van der Waals surface area contributed by atoms with Crippen molar-refractivity contribution in [3.05, 3.63) is 0 Å². The van der Waals surface area contributed by atoms with Crippen LogP contribution in [0.15, 0.2) is 0 Å². The van der Waals surface area contributed by atoms with Gasteiger partial charge in [-0.05, 0) is 32.1 Å². The maximum Gasteiger partial charge on any atom is 0.267 e. The summed E-state index contributed by atoms with van der Waals surface area (Å²) in [7, 11) is -4.52. The Morgan fingerprint density at radius 2 is 0.964 bits per heavy atom. The molecule has 0 aliphatic carbocycles. The molecule has 0 aliphatic heterocycles. The Balaban J connectivity index is -0.000000432. The maximum absolute atomic E-state index is 11.0. The Morgan fingerprint density at radius 1 is 0.679 bits per heavy atom. The van der Waals surface area contributed by atoms with Crippen LogP contribution in [0.2, 0.25) is 0 Å². The van der Waals surface area contributed by atoms with E-state index in [0.29, 0.717) is 0 Å². The molecule has 7 heteroatoms. The van der Waals surface area contributed by atoms with E-state index in [1.165, 1.54) is 38.5 Å². The SMILES string of the molecule is CCCCOP(=O)([O-])OCCCC.CCCC[P+](C)(CCCC)CCCC.N. The van der Waals surface area contributed by atoms with E-state index < -0.39 is 15.1 Å². The smallest absolute Gasteiger partial charge is 0.267 e. The van der Waals surface area contributed by atoms with Crippen LogP contribution in [0.1, 0.15) is 98.8 Å². The highest BCUT2D eigenvalue weighted by atomic mass is 31.2. The van der Waals surface area contributed by atoms with Crippen molar-refractivity contribution in [3.63, 3.8) is 0 Å². The minimum atomic E-state index is -4.00. The summed E-state index contributed by atoms with van der Waals surface area (Å²) in [5, 5.41) is 0. The van der Waals surface area contributed by atoms with Crippen molar-refractivity contribution >= 4 is 15.1 Å². The second-order valence-electron chi connectivity index (χ2n) is 7.67. The lowest BCUT2D eigenvalue weighted by molar-refractivity contribution is -0.225. The highest BCUT2D eigenvalue weighted by molar-refractivity contribution is 7.75. The van der Waals surface area contributed by atoms with Crippen molar-refractivity contribution in [2.75, 3.05) is 38.4 Å². The average molecular weight is 444 g/mol. The zero-order chi connectivity index (χ0) is 21.0. The minimum absolute atomic E-state index is 0. The van der Waals surface area contributed by atoms with Crippen LogP contribution in [0.4, 0.5) is 0 Å². The van der Waals surface area contributed by atoms with Crippen molar-refractivity contribution in [2.45, 2.75) is 98.8 Å². The van der Waals surface area contributed by atoms with Gasteiger partial charge < -0.3 is 20.1 Å². The second kappa shape index (κ2) is 22.2. The third-order valence-corrected chi connectivity index (χ3v) is 9.83. The van der Waals surface area contributed by atoms with Gasteiger partial charge in [0.2, 0.25) is 0 Å². The molecule has 0 bridgehead atoms. The zero-order valence-electron chi connectivity index (χ0n) is 19.8. The molecule has 0 spiro atoms. The predicted molar refractivity (Wildman–Crippen MR) is 127 cm³/mol. The van der Waals surface area contributed by atoms with Gasteiger partial charge in [0.1, 0.15) is 0 Å². The van der Waals surface area contributed by atoms with Crippen LogP contribution in [0.5, 0.6) is 0 Å². The number of rotatable bonds is 17. The lowest BCUT2D eigenvalue weighted by Crippen LogP contribution is -2.09. The number of unbranched alkanes of at least 4 members (excludes halogenated alkanes) is 5. The molecule has 0 fully saturated rings. The monoisotopic (exact) mass is 443 g/mol. The van der Waals surface area contributed by atoms with Crippen LogP contribution < -0.4 is 11.0 Å². The van der Waals surface area contributed by atoms with Crippen LogP contribution in [-0.2, 0) is 13.6 Å². The third kappa shape index (κ3) is 22.8. The Bertz CT molecular complexity index is 322. The van der Waals surface area contributed by atoms with Gasteiger partial charge in [-0.1, -0.05) is 66.7 Å². The first kappa shape index (κ1) is 33.1. The number of hydrogen-bond donors (Lipinski definition) is 1. The van der Waals surface area contributed by atoms with E-state index in [1.54, 1.807) is 18.5 Å². The van der Waals surface area contributed by atoms with Crippen LogP contribution in [0.25, 0.3) is 0 Å². The lowest BCUT2D eigenvalue weighted by Gasteiger charge is -2.22. The van der Waals surface area contributed by atoms with Crippen molar-refractivity contribution in [1.29, 1.82) is 0 Å². The molecule has 0 aliphatic rings. The molecule has 28 heavy (non-hydrogen) atoms. The van der Waals surface area contributed by atoms with Gasteiger partial charge in [-0.3, -0.25) is 4.57 Å². The largest absolute Gasteiger partial charge is 0.756 e. The molecule has 3 N–H and O–H groups in total. The lowest BCUT2D eigenvalue weighted by atomic mass is 10.4. The first-order valence-corrected chi connectivity index (χ1v) is 15.5. The summed E-state index contributed by atoms with van der Waals surface area (Å²) in [6, 6.07) is 0. The summed E-state index contributed by atoms with van der Waals surface area (Å²) in [6.07, 6.45) is 16.5. The molecule has 5 nitrogen and oxygen atoms in total. The molecule has 0 radical (unpaired) electrons. The molecule has 0 saturated heterocycles. The Labute approximate surface area is 177 Å². The topological polar surface area (TPSA) is 93.6 Å². The Hall–Kier alpha value is 0.500. The molecule has 0 atom stereocenters. The van der Waals surface area contributed by atoms with E-state index in [1.807, 2.05) is 13.8 Å². The quantitative estimate of drug-likeness (QED) is 0.188. The zero-order valence-corrected chi connectivity index (χ0v) is 21.6. The molecule has 0 saturated carbocycles. The summed E-state index contributed by atoms with van der Waals surface area (Å²) in [5.41, 5.74) is 0. The molecule has 174 valence electrons. The van der Waals surface area contributed by atoms with Crippen LogP contribution in [0, 0.1) is 0 Å². The molecule has 0 heterocycles. The van der Waals surface area contributed by atoms with Crippen molar-refractivity contribution in [3.8, 4) is 0 Å². The molecule has 0 unspecified atom stereocenters. The summed E-state index contributed by atoms with van der Waals surface area (Å²) in [5.74, 6) is 0. The van der Waals surface area contributed by atoms with Gasteiger partial charge >= 0.3 is 0 Å². The fourth-order valence-electron chi connectivity index (χ4n) is 2.63. The van der Waals surface area contributed by atoms with Gasteiger partial charge in [0.05, 0.1) is 31.7 Å². The van der Waals surface area contributed by atoms with E-state index in [2.05, 4.69) is 36.5 Å². The summed E-state index contributed by atoms with van der Waals surface area (Å²) < 4.78 is 20.2. The van der Waals surface area contributed by atoms with E-state index in [9.17, 15) is 9.46 Å². The molecule has 0 rings (SSSR count). The van der Waals surface area contributed by atoms with Gasteiger partial charge in [0, 0.05) is 13.9 Å². The number of hydrogen-bond acceptors (Lipinski definition) is 5. The average Bonchev–Trinajstić information content (AvgIpc) is 2.64. The minimum Gasteiger partial charge on any atom is -0.756 e. The van der Waals surface area contributed by atoms with Crippen LogP contribution in [0.3, 0.4) is 0 Å². The fourth-order valence-corrected chi connectivity index (χ4v) is 7.32. The van der Waals surface area contributed by atoms with Gasteiger partial charge in [0.15, 0.2) is 0 Å². The number of phosphoric acid groups is 1. The standard InChI is InChI=1S/C13H30P.C8H19O4P.H3N/c1-5-8-11-14(4,12-9-6-2)13-10-7-3;1-3-5-7-11-13(9,10)12-8-6-4-2;/h5-13H2,1-4H3;3-8H2,1-2H3,(H,9,10);1H3/q+1;;/p-1. The van der Waals surface area contributed by atoms with Crippen LogP contribution >= 0.6 is 15.1 Å². The summed E-state index contributed by atoms with van der Waals surface area (Å²) in [6.45, 7) is 14.0. The predicted octanol–water partition coefficient (Wildman–Crippen LogP) is 7.28. The summed E-state index contributed by atoms with van der Waals surface area (Å²) >= 11 is 0. The molecule has 0 aromatic carbocycles. The first-order valence-electron chi connectivity index (χ1n) is 11.2. The first-order chi connectivity index (χ1) is 12.8. The van der Waals surface area contributed by atoms with Crippen molar-refractivity contribution < 1.29 is 18.5 Å². The van der Waals surface area contributed by atoms with Crippen molar-refractivity contribution in [2.24, 2.45) is 0 Å². The van der Waals surface area contributed by atoms with Gasteiger partial charge in [-0.25, -0.2) is 0 Å². The third-order valence-electron chi connectivity index (χ3n) is 4.65. The molecule has 0 aromatic rings. The van der Waals surface area contributed by atoms with Gasteiger partial charge in [-0.15, -0.1) is 0 Å². The highest BCUT2D eigenvalue weighted by Gasteiger charge is 2.28. The maximum atomic E-state index is 11.0. The van der Waals surface area contributed by atoms with E-state index >= 15 is 0 Å².